The van der Waals surface area contributed by atoms with Crippen LogP contribution in [-0.2, 0) is 23.7 Å². The van der Waals surface area contributed by atoms with Crippen LogP contribution in [0.15, 0.2) is 60.7 Å². The van der Waals surface area contributed by atoms with Crippen LogP contribution in [0.1, 0.15) is 61.3 Å². The van der Waals surface area contributed by atoms with Crippen LogP contribution in [0.5, 0.6) is 0 Å². The summed E-state index contributed by atoms with van der Waals surface area (Å²) < 4.78 is 24.3. The van der Waals surface area contributed by atoms with Gasteiger partial charge in [0.05, 0.1) is 28.4 Å². The molecule has 5 rings (SSSR count). The number of rotatable bonds is 6. The van der Waals surface area contributed by atoms with Gasteiger partial charge in [-0.25, -0.2) is 9.59 Å². The van der Waals surface area contributed by atoms with Crippen molar-refractivity contribution in [3.63, 3.8) is 0 Å². The van der Waals surface area contributed by atoms with Crippen molar-refractivity contribution in [2.75, 3.05) is 6.61 Å². The fourth-order valence-corrected chi connectivity index (χ4v) is 7.43. The minimum absolute atomic E-state index is 0.0247. The Labute approximate surface area is 238 Å². The topological polar surface area (TPSA) is 149 Å². The van der Waals surface area contributed by atoms with Gasteiger partial charge in [-0.15, -0.1) is 0 Å². The van der Waals surface area contributed by atoms with Gasteiger partial charge in [-0.1, -0.05) is 36.4 Å². The van der Waals surface area contributed by atoms with Crippen molar-refractivity contribution in [1.29, 1.82) is 0 Å². The molecule has 2 aromatic rings. The van der Waals surface area contributed by atoms with Gasteiger partial charge in [0.1, 0.15) is 35.9 Å². The highest BCUT2D eigenvalue weighted by Gasteiger charge is 2.85. The van der Waals surface area contributed by atoms with Crippen molar-refractivity contribution in [3.8, 4) is 0 Å². The second-order valence-electron chi connectivity index (χ2n) is 12.0. The molecule has 10 heteroatoms. The molecule has 10 nitrogen and oxygen atoms in total. The second kappa shape index (κ2) is 10.2. The summed E-state index contributed by atoms with van der Waals surface area (Å²) in [6, 6.07) is 16.3. The molecular weight excluding hydrogens is 532 g/mol. The third kappa shape index (κ3) is 4.35. The lowest BCUT2D eigenvalue weighted by atomic mass is 9.46. The van der Waals surface area contributed by atoms with Gasteiger partial charge in [-0.2, -0.15) is 0 Å². The number of esters is 3. The maximum atomic E-state index is 13.5. The second-order valence-corrected chi connectivity index (χ2v) is 12.0. The highest BCUT2D eigenvalue weighted by atomic mass is 16.6. The molecular formula is C31H36O10. The summed E-state index contributed by atoms with van der Waals surface area (Å²) in [6.07, 6.45) is -5.75. The largest absolute Gasteiger partial charge is 0.465 e. The number of carbonyl (C=O) groups excluding carboxylic acids is 3. The zero-order valence-corrected chi connectivity index (χ0v) is 23.5. The van der Waals surface area contributed by atoms with Crippen molar-refractivity contribution in [1.82, 2.24) is 0 Å². The molecule has 220 valence electrons. The minimum Gasteiger partial charge on any atom is -0.465 e. The van der Waals surface area contributed by atoms with Crippen LogP contribution < -0.4 is 0 Å². The van der Waals surface area contributed by atoms with Crippen LogP contribution in [-0.4, -0.2) is 81.1 Å². The molecule has 0 amide bonds. The Morgan fingerprint density at radius 2 is 1.44 bits per heavy atom. The first kappa shape index (κ1) is 29.2. The van der Waals surface area contributed by atoms with Gasteiger partial charge in [0.15, 0.2) is 0 Å². The Hall–Kier alpha value is -3.31. The van der Waals surface area contributed by atoms with Gasteiger partial charge in [0, 0.05) is 12.8 Å². The summed E-state index contributed by atoms with van der Waals surface area (Å²) >= 11 is 0. The Morgan fingerprint density at radius 3 is 1.98 bits per heavy atom. The molecule has 2 aromatic carbocycles. The van der Waals surface area contributed by atoms with Crippen LogP contribution in [0.25, 0.3) is 0 Å². The first-order valence-electron chi connectivity index (χ1n) is 13.7. The van der Waals surface area contributed by atoms with Gasteiger partial charge < -0.3 is 34.3 Å². The fraction of sp³-hybridized carbons (Fsp3) is 0.516. The standard InChI is InChI=1S/C31H36O10/c1-18(32)38-17-30-21(39-26(35)19-11-7-5-8-12-19)15-16-29(4,37)31(30)24(34)22(28(2,3)41-31)23(33)25(30)40-27(36)20-13-9-6-10-14-20/h5-14,21-25,33-34,37H,15-17H2,1-4H3/t21-,22+,23-,24+,25+,29-,30-,31-/m0/s1. The van der Waals surface area contributed by atoms with E-state index in [0.29, 0.717) is 0 Å². The van der Waals surface area contributed by atoms with Crippen LogP contribution in [0, 0.1) is 11.3 Å². The van der Waals surface area contributed by atoms with Crippen molar-refractivity contribution in [2.24, 2.45) is 11.3 Å². The van der Waals surface area contributed by atoms with Crippen LogP contribution in [0.3, 0.4) is 0 Å². The molecule has 3 fully saturated rings. The minimum atomic E-state index is -1.98. The summed E-state index contributed by atoms with van der Waals surface area (Å²) in [6.45, 7) is 5.40. The average Bonchev–Trinajstić information content (AvgIpc) is 3.12. The molecule has 0 radical (unpaired) electrons. The average molecular weight is 569 g/mol. The first-order valence-corrected chi connectivity index (χ1v) is 13.7. The third-order valence-electron chi connectivity index (χ3n) is 9.15. The van der Waals surface area contributed by atoms with Gasteiger partial charge in [0.25, 0.3) is 0 Å². The molecule has 2 bridgehead atoms. The molecule has 8 atom stereocenters. The lowest BCUT2D eigenvalue weighted by Gasteiger charge is -2.65. The summed E-state index contributed by atoms with van der Waals surface area (Å²) in [5, 5.41) is 35.8. The Bertz CT molecular complexity index is 1310. The predicted octanol–water partition coefficient (Wildman–Crippen LogP) is 2.43. The van der Waals surface area contributed by atoms with Gasteiger partial charge in [0.2, 0.25) is 0 Å². The monoisotopic (exact) mass is 568 g/mol. The summed E-state index contributed by atoms with van der Waals surface area (Å²) in [5.41, 5.74) is -6.49. The molecule has 2 aliphatic carbocycles. The highest BCUT2D eigenvalue weighted by Crippen LogP contribution is 2.68. The van der Waals surface area contributed by atoms with Crippen molar-refractivity contribution >= 4 is 17.9 Å². The number of aliphatic hydroxyl groups is 3. The van der Waals surface area contributed by atoms with Gasteiger partial charge in [-0.3, -0.25) is 4.79 Å². The van der Waals surface area contributed by atoms with Gasteiger partial charge in [-0.05, 0) is 57.9 Å². The van der Waals surface area contributed by atoms with Crippen molar-refractivity contribution in [2.45, 2.75) is 81.8 Å². The van der Waals surface area contributed by atoms with Crippen molar-refractivity contribution < 1.29 is 48.7 Å². The number of hydrogen-bond donors (Lipinski definition) is 3. The van der Waals surface area contributed by atoms with E-state index in [0.717, 1.165) is 0 Å². The van der Waals surface area contributed by atoms with E-state index in [9.17, 15) is 29.7 Å². The molecule has 3 aliphatic rings. The van der Waals surface area contributed by atoms with E-state index >= 15 is 0 Å². The zero-order chi connectivity index (χ0) is 29.8. The van der Waals surface area contributed by atoms with E-state index in [4.69, 9.17) is 18.9 Å². The van der Waals surface area contributed by atoms with E-state index in [1.807, 2.05) is 0 Å². The normalized spacial score (nSPS) is 37.0. The quantitative estimate of drug-likeness (QED) is 0.350. The SMILES string of the molecule is CC(=O)OC[C@@]12[C@@H](OC(=O)c3ccccc3)CC[C@](C)(O)[C@]13OC(C)(C)[C@H]([C@H](O)[C@H]2OC(=O)c1ccccc1)[C@H]3O. The number of fused-ring (bicyclic) bond motifs is 1. The Morgan fingerprint density at radius 1 is 0.902 bits per heavy atom. The van der Waals surface area contributed by atoms with Crippen LogP contribution in [0.4, 0.5) is 0 Å². The Balaban J connectivity index is 1.72. The zero-order valence-electron chi connectivity index (χ0n) is 23.5. The maximum Gasteiger partial charge on any atom is 0.338 e. The predicted molar refractivity (Wildman–Crippen MR) is 144 cm³/mol. The molecule has 3 N–H and O–H groups in total. The number of carbonyl (C=O) groups is 3. The lowest BCUT2D eigenvalue weighted by molar-refractivity contribution is -0.346. The molecule has 1 saturated heterocycles. The Kier molecular flexibility index (Phi) is 7.26. The van der Waals surface area contributed by atoms with E-state index in [1.54, 1.807) is 74.5 Å². The summed E-state index contributed by atoms with van der Waals surface area (Å²) in [7, 11) is 0. The molecule has 1 heterocycles. The smallest absolute Gasteiger partial charge is 0.338 e. The number of hydrogen-bond acceptors (Lipinski definition) is 10. The van der Waals surface area contributed by atoms with E-state index in [2.05, 4.69) is 0 Å². The first-order chi connectivity index (χ1) is 19.3. The van der Waals surface area contributed by atoms with E-state index in [1.165, 1.54) is 13.8 Å². The lowest BCUT2D eigenvalue weighted by Crippen LogP contribution is -2.83. The van der Waals surface area contributed by atoms with E-state index < -0.39 is 77.1 Å². The maximum absolute atomic E-state index is 13.5. The molecule has 41 heavy (non-hydrogen) atoms. The summed E-state index contributed by atoms with van der Waals surface area (Å²) in [4.78, 5) is 39.1. The number of ether oxygens (including phenoxy) is 4. The van der Waals surface area contributed by atoms with E-state index in [-0.39, 0.29) is 24.0 Å². The number of benzene rings is 2. The molecule has 0 aromatic heterocycles. The molecule has 2 saturated carbocycles. The third-order valence-corrected chi connectivity index (χ3v) is 9.15. The van der Waals surface area contributed by atoms with Gasteiger partial charge >= 0.3 is 17.9 Å². The molecule has 0 unspecified atom stereocenters. The molecule has 1 spiro atoms. The fourth-order valence-electron chi connectivity index (χ4n) is 7.43. The van der Waals surface area contributed by atoms with Crippen LogP contribution >= 0.6 is 0 Å². The number of aliphatic hydroxyl groups excluding tert-OH is 2. The van der Waals surface area contributed by atoms with Crippen molar-refractivity contribution in [3.05, 3.63) is 71.8 Å². The highest BCUT2D eigenvalue weighted by molar-refractivity contribution is 5.90. The summed E-state index contributed by atoms with van der Waals surface area (Å²) in [5.74, 6) is -3.23. The van der Waals surface area contributed by atoms with Crippen LogP contribution in [0.2, 0.25) is 0 Å². The molecule has 1 aliphatic heterocycles.